The fraction of sp³-hybridized carbons (Fsp3) is 0. The molecule has 0 fully saturated rings. The van der Waals surface area contributed by atoms with Crippen LogP contribution in [0.2, 0.25) is 0 Å². The molecule has 6 heteroatoms. The average molecular weight is 294 g/mol. The first-order valence-corrected chi connectivity index (χ1v) is 4.90. The van der Waals surface area contributed by atoms with Crippen molar-refractivity contribution in [3.8, 4) is 0 Å². The molecule has 0 amide bonds. The molecule has 0 spiro atoms. The van der Waals surface area contributed by atoms with E-state index >= 15 is 0 Å². The molecule has 0 aliphatic carbocycles. The summed E-state index contributed by atoms with van der Waals surface area (Å²) in [6.45, 7) is 0. The summed E-state index contributed by atoms with van der Waals surface area (Å²) < 4.78 is 34.6. The first kappa shape index (κ1) is 10.3. The number of rotatable bonds is 0. The van der Waals surface area contributed by atoms with E-state index in [2.05, 4.69) is 0 Å². The van der Waals surface area contributed by atoms with Gasteiger partial charge in [-0.05, 0) is 0 Å². The van der Waals surface area contributed by atoms with E-state index in [0.29, 0.717) is 0 Å². The fourth-order valence-electron chi connectivity index (χ4n) is 0. The molecule has 0 bridgehead atoms. The average Bonchev–Trinajstić information content (AvgIpc) is 0.722. The molecule has 0 aromatic heterocycles. The van der Waals surface area contributed by atoms with Crippen molar-refractivity contribution in [1.82, 2.24) is 0 Å². The molecule has 0 atom stereocenters. The minimum atomic E-state index is -6.10. The van der Waals surface area contributed by atoms with Gasteiger partial charge in [-0.1, -0.05) is 0 Å². The Kier molecular flexibility index (Phi) is 5.59. The summed E-state index contributed by atoms with van der Waals surface area (Å²) in [5.41, 5.74) is 0. The Balaban J connectivity index is 0. The molecule has 6 heavy (non-hydrogen) atoms. The van der Waals surface area contributed by atoms with Crippen molar-refractivity contribution < 1.29 is 35.6 Å². The van der Waals surface area contributed by atoms with Crippen LogP contribution in [-0.2, 0) is 25.4 Å². The predicted molar refractivity (Wildman–Crippen MR) is 6.44 cm³/mol. The second-order valence-corrected chi connectivity index (χ2v) is 3.00. The number of hydrogen-bond acceptors (Lipinski definition) is 4. The molecule has 0 unspecified atom stereocenters. The first-order valence-electron chi connectivity index (χ1n) is 0.730. The molecule has 0 saturated heterocycles. The van der Waals surface area contributed by atoms with Crippen molar-refractivity contribution in [2.24, 2.45) is 0 Å². The molecule has 1 radical (unpaired) electrons. The zero-order valence-electron chi connectivity index (χ0n) is 2.38. The summed E-state index contributed by atoms with van der Waals surface area (Å²) in [4.78, 5) is 0. The zero-order valence-corrected chi connectivity index (χ0v) is 6.42. The van der Waals surface area contributed by atoms with Gasteiger partial charge in [0.2, 0.25) is 0 Å². The molecular weight excluding hydrogens is 294 g/mol. The van der Waals surface area contributed by atoms with Crippen LogP contribution in [0.4, 0.5) is 0 Å². The van der Waals surface area contributed by atoms with Crippen molar-refractivity contribution >= 4 is 20.1 Å². The van der Waals surface area contributed by atoms with Crippen LogP contribution in [0.1, 0.15) is 0 Å². The summed E-state index contributed by atoms with van der Waals surface area (Å²) >= 11 is -6.10. The summed E-state index contributed by atoms with van der Waals surface area (Å²) in [5, 5.41) is 0. The Morgan fingerprint density at radius 1 is 1.17 bits per heavy atom. The standard InChI is InChI=1S/Ag.4O.Sb/q;;3*-1;. The van der Waals surface area contributed by atoms with Crippen LogP contribution >= 0.6 is 0 Å². The van der Waals surface area contributed by atoms with Gasteiger partial charge in [0.15, 0.2) is 0 Å². The molecule has 0 heterocycles. The van der Waals surface area contributed by atoms with Crippen molar-refractivity contribution in [2.45, 2.75) is 0 Å². The van der Waals surface area contributed by atoms with Gasteiger partial charge >= 0.3 is 33.2 Å². The Morgan fingerprint density at radius 3 is 1.17 bits per heavy atom. The van der Waals surface area contributed by atoms with E-state index < -0.39 is 20.1 Å². The van der Waals surface area contributed by atoms with Gasteiger partial charge in [-0.3, -0.25) is 0 Å². The Labute approximate surface area is 55.4 Å². The SMILES string of the molecule is [Ag].[O]=[Sb]([O-])([O-])[O-]. The molecule has 0 aromatic rings. The van der Waals surface area contributed by atoms with Crippen LogP contribution < -0.4 is 10.2 Å². The second kappa shape index (κ2) is 3.27. The molecule has 0 N–H and O–H groups in total. The van der Waals surface area contributed by atoms with E-state index in [0.717, 1.165) is 0 Å². The summed E-state index contributed by atoms with van der Waals surface area (Å²) in [5.74, 6) is 0. The topological polar surface area (TPSA) is 86.2 Å². The Hall–Kier alpha value is 1.24. The molecular formula is AgO4Sb-3. The van der Waals surface area contributed by atoms with E-state index in [1.54, 1.807) is 0 Å². The quantitative estimate of drug-likeness (QED) is 0.425. The molecule has 0 aromatic carbocycles. The number of hydrogen-bond donors (Lipinski definition) is 0. The normalized spacial score (nSPS) is 9.83. The van der Waals surface area contributed by atoms with Gasteiger partial charge in [0.1, 0.15) is 0 Å². The van der Waals surface area contributed by atoms with Gasteiger partial charge in [-0.25, -0.2) is 0 Å². The van der Waals surface area contributed by atoms with Crippen molar-refractivity contribution in [3.05, 3.63) is 0 Å². The molecule has 4 nitrogen and oxygen atoms in total. The first-order chi connectivity index (χ1) is 2.00. The van der Waals surface area contributed by atoms with E-state index in [4.69, 9.17) is 13.2 Å². The molecule has 0 saturated carbocycles. The second-order valence-electron chi connectivity index (χ2n) is 0.447. The third-order valence-corrected chi connectivity index (χ3v) is 0. The predicted octanol–water partition coefficient (Wildman–Crippen LogP) is -4.07. The van der Waals surface area contributed by atoms with E-state index in [1.807, 2.05) is 0 Å². The zero-order chi connectivity index (χ0) is 4.50. The van der Waals surface area contributed by atoms with Gasteiger partial charge in [0, 0.05) is 22.4 Å². The van der Waals surface area contributed by atoms with Crippen LogP contribution in [0, 0.1) is 0 Å². The monoisotopic (exact) mass is 292 g/mol. The Morgan fingerprint density at radius 2 is 1.17 bits per heavy atom. The van der Waals surface area contributed by atoms with Gasteiger partial charge in [0.05, 0.1) is 0 Å². The van der Waals surface area contributed by atoms with E-state index in [-0.39, 0.29) is 22.4 Å². The maximum atomic E-state index is 8.64. The van der Waals surface area contributed by atoms with Crippen LogP contribution in [0.3, 0.4) is 0 Å². The molecule has 0 aliphatic rings. The summed E-state index contributed by atoms with van der Waals surface area (Å²) in [6.07, 6.45) is 0. The maximum absolute atomic E-state index is 8.64. The fourth-order valence-corrected chi connectivity index (χ4v) is 0. The Bertz CT molecular complexity index is 53.7. The van der Waals surface area contributed by atoms with E-state index in [9.17, 15) is 0 Å². The van der Waals surface area contributed by atoms with Crippen LogP contribution in [0.25, 0.3) is 0 Å². The van der Waals surface area contributed by atoms with Crippen molar-refractivity contribution in [2.75, 3.05) is 0 Å². The van der Waals surface area contributed by atoms with Gasteiger partial charge in [0.25, 0.3) is 0 Å². The van der Waals surface area contributed by atoms with Crippen LogP contribution in [-0.4, -0.2) is 20.1 Å². The van der Waals surface area contributed by atoms with Crippen molar-refractivity contribution in [1.29, 1.82) is 0 Å². The van der Waals surface area contributed by atoms with Gasteiger partial charge < -0.3 is 0 Å². The minimum absolute atomic E-state index is 0. The van der Waals surface area contributed by atoms with Gasteiger partial charge in [-0.15, -0.1) is 0 Å². The molecule has 0 rings (SSSR count). The third-order valence-electron chi connectivity index (χ3n) is 0. The molecule has 0 aliphatic heterocycles. The van der Waals surface area contributed by atoms with E-state index in [1.165, 1.54) is 0 Å². The van der Waals surface area contributed by atoms with Gasteiger partial charge in [-0.2, -0.15) is 0 Å². The molecule has 43 valence electrons. The van der Waals surface area contributed by atoms with Crippen molar-refractivity contribution in [3.63, 3.8) is 0 Å². The third kappa shape index (κ3) is 61.4. The summed E-state index contributed by atoms with van der Waals surface area (Å²) in [7, 11) is 0. The summed E-state index contributed by atoms with van der Waals surface area (Å²) in [6, 6.07) is 0. The van der Waals surface area contributed by atoms with Crippen LogP contribution in [0.15, 0.2) is 0 Å². The van der Waals surface area contributed by atoms with Crippen LogP contribution in [0.5, 0.6) is 0 Å².